The minimum atomic E-state index is -0.516. The van der Waals surface area contributed by atoms with Gasteiger partial charge in [0.2, 0.25) is 0 Å². The van der Waals surface area contributed by atoms with Crippen molar-refractivity contribution in [3.8, 4) is 5.75 Å². The zero-order valence-electron chi connectivity index (χ0n) is 14.3. The number of ether oxygens (including phenoxy) is 1. The molecule has 136 valence electrons. The van der Waals surface area contributed by atoms with Crippen molar-refractivity contribution in [2.45, 2.75) is 0 Å². The number of anilines is 1. The van der Waals surface area contributed by atoms with E-state index in [9.17, 15) is 9.59 Å². The first-order valence-electron chi connectivity index (χ1n) is 8.14. The van der Waals surface area contributed by atoms with E-state index < -0.39 is 5.91 Å². The minimum Gasteiger partial charge on any atom is -0.496 e. The number of hydrogen-bond donors (Lipinski definition) is 1. The largest absolute Gasteiger partial charge is 0.496 e. The van der Waals surface area contributed by atoms with Gasteiger partial charge in [-0.3, -0.25) is 9.59 Å². The monoisotopic (exact) mass is 374 g/mol. The number of methoxy groups -OCH3 is 1. The van der Waals surface area contributed by atoms with Gasteiger partial charge in [0.15, 0.2) is 0 Å². The fraction of sp³-hybridized carbons (Fsp3) is 0.278. The summed E-state index contributed by atoms with van der Waals surface area (Å²) in [5.74, 6) is 0.369. The van der Waals surface area contributed by atoms with E-state index >= 15 is 0 Å². The summed E-state index contributed by atoms with van der Waals surface area (Å²) in [7, 11) is 1.51. The highest BCUT2D eigenvalue weighted by Gasteiger charge is 2.26. The molecule has 1 saturated heterocycles. The van der Waals surface area contributed by atoms with Crippen molar-refractivity contribution in [1.29, 1.82) is 0 Å². The van der Waals surface area contributed by atoms with Crippen LogP contribution < -0.4 is 15.4 Å². The maximum absolute atomic E-state index is 12.8. The third kappa shape index (κ3) is 3.57. The van der Waals surface area contributed by atoms with Crippen molar-refractivity contribution in [1.82, 2.24) is 9.88 Å². The summed E-state index contributed by atoms with van der Waals surface area (Å²) in [6.45, 7) is 2.11. The van der Waals surface area contributed by atoms with E-state index in [0.717, 1.165) is 0 Å². The minimum absolute atomic E-state index is 0.116. The van der Waals surface area contributed by atoms with Crippen molar-refractivity contribution in [2.75, 3.05) is 38.2 Å². The molecule has 1 aromatic heterocycles. The summed E-state index contributed by atoms with van der Waals surface area (Å²) in [4.78, 5) is 32.4. The van der Waals surface area contributed by atoms with Gasteiger partial charge in [0.1, 0.15) is 11.6 Å². The van der Waals surface area contributed by atoms with E-state index in [1.165, 1.54) is 7.11 Å². The second kappa shape index (κ2) is 7.61. The first kappa shape index (κ1) is 18.0. The molecule has 1 aliphatic heterocycles. The lowest BCUT2D eigenvalue weighted by Gasteiger charge is -2.36. The molecule has 7 nitrogen and oxygen atoms in total. The highest BCUT2D eigenvalue weighted by atomic mass is 35.5. The van der Waals surface area contributed by atoms with Crippen LogP contribution in [-0.4, -0.2) is 55.0 Å². The predicted molar refractivity (Wildman–Crippen MR) is 98.9 cm³/mol. The summed E-state index contributed by atoms with van der Waals surface area (Å²) < 4.78 is 5.27. The van der Waals surface area contributed by atoms with Crippen LogP contribution >= 0.6 is 11.6 Å². The molecule has 0 unspecified atom stereocenters. The molecule has 1 aromatic carbocycles. The Kier molecular flexibility index (Phi) is 5.27. The summed E-state index contributed by atoms with van der Waals surface area (Å²) in [5.41, 5.74) is 6.28. The number of benzene rings is 1. The molecule has 26 heavy (non-hydrogen) atoms. The number of pyridine rings is 1. The summed E-state index contributed by atoms with van der Waals surface area (Å²) in [6.07, 6.45) is 1.62. The number of halogens is 1. The number of nitrogens with zero attached hydrogens (tertiary/aromatic N) is 3. The number of amides is 2. The Balaban J connectivity index is 1.73. The third-order valence-corrected chi connectivity index (χ3v) is 4.55. The van der Waals surface area contributed by atoms with E-state index in [1.807, 2.05) is 4.90 Å². The number of piperazine rings is 1. The van der Waals surface area contributed by atoms with Crippen molar-refractivity contribution in [3.05, 3.63) is 52.7 Å². The molecule has 0 radical (unpaired) electrons. The molecular weight excluding hydrogens is 356 g/mol. The number of carbonyl (C=O) groups is 2. The van der Waals surface area contributed by atoms with Crippen LogP contribution in [0.1, 0.15) is 20.7 Å². The van der Waals surface area contributed by atoms with Crippen molar-refractivity contribution < 1.29 is 14.3 Å². The molecule has 0 saturated carbocycles. The molecule has 0 bridgehead atoms. The fourth-order valence-corrected chi connectivity index (χ4v) is 3.14. The lowest BCUT2D eigenvalue weighted by molar-refractivity contribution is 0.0742. The van der Waals surface area contributed by atoms with Crippen LogP contribution in [0.4, 0.5) is 5.82 Å². The number of nitrogens with two attached hydrogens (primary N) is 1. The average molecular weight is 375 g/mol. The number of aromatic nitrogens is 1. The van der Waals surface area contributed by atoms with Gasteiger partial charge in [-0.25, -0.2) is 4.98 Å². The Morgan fingerprint density at radius 3 is 2.54 bits per heavy atom. The molecular formula is C18H19ClN4O3. The van der Waals surface area contributed by atoms with Gasteiger partial charge in [0, 0.05) is 37.4 Å². The first-order chi connectivity index (χ1) is 12.5. The molecule has 3 rings (SSSR count). The maximum atomic E-state index is 12.8. The maximum Gasteiger partial charge on any atom is 0.257 e. The van der Waals surface area contributed by atoms with Gasteiger partial charge in [0.05, 0.1) is 18.2 Å². The molecule has 1 aliphatic rings. The smallest absolute Gasteiger partial charge is 0.257 e. The van der Waals surface area contributed by atoms with Gasteiger partial charge in [-0.05, 0) is 30.3 Å². The van der Waals surface area contributed by atoms with E-state index in [0.29, 0.717) is 53.9 Å². The molecule has 1 fully saturated rings. The van der Waals surface area contributed by atoms with Crippen LogP contribution in [0.2, 0.25) is 5.02 Å². The summed E-state index contributed by atoms with van der Waals surface area (Å²) in [6, 6.07) is 8.29. The molecule has 2 aromatic rings. The number of carbonyl (C=O) groups excluding carboxylic acids is 2. The Hall–Kier alpha value is -2.80. The summed E-state index contributed by atoms with van der Waals surface area (Å²) >= 11 is 5.96. The van der Waals surface area contributed by atoms with E-state index in [-0.39, 0.29) is 5.91 Å². The highest BCUT2D eigenvalue weighted by Crippen LogP contribution is 2.25. The van der Waals surface area contributed by atoms with Gasteiger partial charge < -0.3 is 20.3 Å². The van der Waals surface area contributed by atoms with Crippen LogP contribution in [0.3, 0.4) is 0 Å². The second-order valence-corrected chi connectivity index (χ2v) is 6.30. The molecule has 2 heterocycles. The topological polar surface area (TPSA) is 88.8 Å². The highest BCUT2D eigenvalue weighted by molar-refractivity contribution is 6.30. The van der Waals surface area contributed by atoms with E-state index in [4.69, 9.17) is 22.1 Å². The Bertz CT molecular complexity index is 835. The zero-order chi connectivity index (χ0) is 18.7. The second-order valence-electron chi connectivity index (χ2n) is 5.86. The Labute approximate surface area is 156 Å². The van der Waals surface area contributed by atoms with Gasteiger partial charge in [-0.1, -0.05) is 11.6 Å². The standard InChI is InChI=1S/C18H19ClN4O3/c1-26-15-11-12(19)4-5-13(15)18(25)23-9-7-22(8-10-23)17-14(16(20)24)3-2-6-21-17/h2-6,11H,7-10H2,1H3,(H2,20,24). The fourth-order valence-electron chi connectivity index (χ4n) is 2.97. The third-order valence-electron chi connectivity index (χ3n) is 4.31. The first-order valence-corrected chi connectivity index (χ1v) is 8.51. The average Bonchev–Trinajstić information content (AvgIpc) is 2.67. The van der Waals surface area contributed by atoms with Gasteiger partial charge in [-0.2, -0.15) is 0 Å². The van der Waals surface area contributed by atoms with Gasteiger partial charge in [0.25, 0.3) is 11.8 Å². The Morgan fingerprint density at radius 2 is 1.88 bits per heavy atom. The van der Waals surface area contributed by atoms with Crippen LogP contribution in [0.15, 0.2) is 36.5 Å². The molecule has 2 amide bonds. The number of rotatable bonds is 4. The van der Waals surface area contributed by atoms with Gasteiger partial charge in [-0.15, -0.1) is 0 Å². The normalized spacial score (nSPS) is 14.2. The quantitative estimate of drug-likeness (QED) is 0.881. The van der Waals surface area contributed by atoms with E-state index in [2.05, 4.69) is 4.98 Å². The van der Waals surface area contributed by atoms with Gasteiger partial charge >= 0.3 is 0 Å². The Morgan fingerprint density at radius 1 is 1.15 bits per heavy atom. The van der Waals surface area contributed by atoms with Crippen molar-refractivity contribution in [2.24, 2.45) is 5.73 Å². The van der Waals surface area contributed by atoms with Crippen LogP contribution in [0, 0.1) is 0 Å². The number of hydrogen-bond acceptors (Lipinski definition) is 5. The SMILES string of the molecule is COc1cc(Cl)ccc1C(=O)N1CCN(c2ncccc2C(N)=O)CC1. The summed E-state index contributed by atoms with van der Waals surface area (Å²) in [5, 5.41) is 0.511. The lowest BCUT2D eigenvalue weighted by Crippen LogP contribution is -2.49. The molecule has 0 spiro atoms. The predicted octanol–water partition coefficient (Wildman–Crippen LogP) is 1.80. The molecule has 0 aliphatic carbocycles. The van der Waals surface area contributed by atoms with Crippen molar-refractivity contribution in [3.63, 3.8) is 0 Å². The van der Waals surface area contributed by atoms with Crippen molar-refractivity contribution >= 4 is 29.2 Å². The molecule has 0 atom stereocenters. The van der Waals surface area contributed by atoms with Crippen LogP contribution in [-0.2, 0) is 0 Å². The number of primary amides is 1. The van der Waals surface area contributed by atoms with Crippen LogP contribution in [0.25, 0.3) is 0 Å². The van der Waals surface area contributed by atoms with Crippen LogP contribution in [0.5, 0.6) is 5.75 Å². The zero-order valence-corrected chi connectivity index (χ0v) is 15.1. The lowest BCUT2D eigenvalue weighted by atomic mass is 10.1. The molecule has 8 heteroatoms. The molecule has 2 N–H and O–H groups in total. The van der Waals surface area contributed by atoms with E-state index in [1.54, 1.807) is 41.4 Å².